The number of carbonyl (C=O) groups is 1. The number of hydrogen-bond acceptors (Lipinski definition) is 6. The van der Waals surface area contributed by atoms with E-state index in [2.05, 4.69) is 25.4 Å². The van der Waals surface area contributed by atoms with E-state index in [0.717, 1.165) is 28.1 Å². The van der Waals surface area contributed by atoms with Gasteiger partial charge in [0.15, 0.2) is 5.82 Å². The third-order valence-corrected chi connectivity index (χ3v) is 8.44. The number of aryl methyl sites for hydroxylation is 2. The third kappa shape index (κ3) is 5.96. The number of benzene rings is 1. The molecule has 214 valence electrons. The molecule has 1 aromatic carbocycles. The number of carboxylic acid groups (broad SMARTS) is 1. The Morgan fingerprint density at radius 3 is 2.71 bits per heavy atom. The summed E-state index contributed by atoms with van der Waals surface area (Å²) in [5, 5.41) is 21.1. The quantitative estimate of drug-likeness (QED) is 0.216. The number of aromatic nitrogens is 4. The van der Waals surface area contributed by atoms with Gasteiger partial charge in [-0.25, -0.2) is 9.37 Å². The molecule has 0 saturated carbocycles. The van der Waals surface area contributed by atoms with Gasteiger partial charge in [-0.15, -0.1) is 0 Å². The molecule has 3 aromatic heterocycles. The number of hydrogen-bond donors (Lipinski definition) is 3. The summed E-state index contributed by atoms with van der Waals surface area (Å²) in [5.41, 5.74) is 4.71. The van der Waals surface area contributed by atoms with Crippen molar-refractivity contribution >= 4 is 29.2 Å². The van der Waals surface area contributed by atoms with Crippen LogP contribution in [0.3, 0.4) is 0 Å². The van der Waals surface area contributed by atoms with Crippen molar-refractivity contribution in [3.05, 3.63) is 87.6 Å². The molecule has 2 atom stereocenters. The number of nitrogens with zero attached hydrogens (tertiary/aromatic N) is 4. The van der Waals surface area contributed by atoms with Crippen molar-refractivity contribution in [2.45, 2.75) is 59.5 Å². The highest BCUT2D eigenvalue weighted by molar-refractivity contribution is 6.30. The molecule has 0 radical (unpaired) electrons. The molecule has 4 heterocycles. The zero-order valence-electron chi connectivity index (χ0n) is 23.6. The second-order valence-corrected chi connectivity index (χ2v) is 11.5. The average Bonchev–Trinajstić information content (AvgIpc) is 3.34. The summed E-state index contributed by atoms with van der Waals surface area (Å²) in [5.74, 6) is -0.0859. The Labute approximate surface area is 244 Å². The average molecular weight is 577 g/mol. The van der Waals surface area contributed by atoms with Gasteiger partial charge in [0.2, 0.25) is 0 Å². The van der Waals surface area contributed by atoms with Crippen LogP contribution in [0.5, 0.6) is 0 Å². The molecule has 0 spiro atoms. The monoisotopic (exact) mass is 576 g/mol. The fraction of sp³-hybridized carbons (Fsp3) is 0.355. The molecule has 8 nitrogen and oxygen atoms in total. The topological polar surface area (TPSA) is 107 Å². The van der Waals surface area contributed by atoms with Crippen molar-refractivity contribution < 1.29 is 14.3 Å². The van der Waals surface area contributed by atoms with Gasteiger partial charge in [-0.1, -0.05) is 29.8 Å². The van der Waals surface area contributed by atoms with E-state index in [0.29, 0.717) is 48.8 Å². The van der Waals surface area contributed by atoms with Gasteiger partial charge in [-0.05, 0) is 76.4 Å². The fourth-order valence-corrected chi connectivity index (χ4v) is 5.97. The lowest BCUT2D eigenvalue weighted by atomic mass is 9.71. The zero-order chi connectivity index (χ0) is 29.3. The van der Waals surface area contributed by atoms with Crippen LogP contribution < -0.4 is 5.32 Å². The van der Waals surface area contributed by atoms with Crippen molar-refractivity contribution in [3.8, 4) is 11.3 Å². The predicted molar refractivity (Wildman–Crippen MR) is 158 cm³/mol. The normalized spacial score (nSPS) is 19.3. The van der Waals surface area contributed by atoms with E-state index in [4.69, 9.17) is 16.6 Å². The summed E-state index contributed by atoms with van der Waals surface area (Å²) in [7, 11) is 0. The molecule has 0 aliphatic carbocycles. The van der Waals surface area contributed by atoms with Crippen molar-refractivity contribution in [1.29, 1.82) is 0 Å². The summed E-state index contributed by atoms with van der Waals surface area (Å²) in [6, 6.07) is 12.6. The molecule has 1 saturated heterocycles. The maximum atomic E-state index is 14.6. The smallest absolute Gasteiger partial charge is 0.310 e. The van der Waals surface area contributed by atoms with Gasteiger partial charge in [0, 0.05) is 53.8 Å². The van der Waals surface area contributed by atoms with E-state index in [9.17, 15) is 14.3 Å². The second-order valence-electron chi connectivity index (χ2n) is 11.1. The summed E-state index contributed by atoms with van der Waals surface area (Å²) in [4.78, 5) is 24.6. The number of halogens is 2. The van der Waals surface area contributed by atoms with E-state index in [1.807, 2.05) is 52.0 Å². The van der Waals surface area contributed by atoms with Crippen molar-refractivity contribution in [1.82, 2.24) is 25.1 Å². The number of aromatic amines is 1. The molecule has 3 N–H and O–H groups in total. The molecule has 10 heteroatoms. The minimum absolute atomic E-state index is 0.0889. The largest absolute Gasteiger partial charge is 0.481 e. The van der Waals surface area contributed by atoms with E-state index in [1.165, 1.54) is 6.07 Å². The van der Waals surface area contributed by atoms with Crippen molar-refractivity contribution in [3.63, 3.8) is 0 Å². The van der Waals surface area contributed by atoms with Gasteiger partial charge in [0.1, 0.15) is 11.6 Å². The van der Waals surface area contributed by atoms with Gasteiger partial charge in [0.05, 0.1) is 16.1 Å². The molecule has 4 aromatic rings. The molecule has 5 rings (SSSR count). The van der Waals surface area contributed by atoms with Gasteiger partial charge < -0.3 is 10.4 Å². The van der Waals surface area contributed by atoms with Gasteiger partial charge in [-0.2, -0.15) is 5.10 Å². The highest BCUT2D eigenvalue weighted by atomic mass is 35.5. The Morgan fingerprint density at radius 1 is 1.22 bits per heavy atom. The van der Waals surface area contributed by atoms with E-state index >= 15 is 0 Å². The molecule has 41 heavy (non-hydrogen) atoms. The SMILES string of the molecule is Cc1cc(Nc2cc(-c3ncccc3C)c(C)c(C[C@@]3(C(=O)O)CCN(Cc4cccc(Cl)c4F)[C@H](C)C3)n2)n[nH]1. The van der Waals surface area contributed by atoms with E-state index in [-0.39, 0.29) is 17.5 Å². The Bertz CT molecular complexity index is 1590. The zero-order valence-corrected chi connectivity index (χ0v) is 24.4. The first-order valence-electron chi connectivity index (χ1n) is 13.7. The number of anilines is 2. The first-order chi connectivity index (χ1) is 19.6. The summed E-state index contributed by atoms with van der Waals surface area (Å²) in [6.07, 6.45) is 2.82. The van der Waals surface area contributed by atoms with E-state index in [1.54, 1.807) is 18.3 Å². The third-order valence-electron chi connectivity index (χ3n) is 8.15. The van der Waals surface area contributed by atoms with Gasteiger partial charge in [-0.3, -0.25) is 19.8 Å². The van der Waals surface area contributed by atoms with Crippen LogP contribution in [-0.2, 0) is 17.8 Å². The number of H-pyrrole nitrogens is 1. The Balaban J connectivity index is 1.48. The molecule has 1 aliphatic rings. The number of rotatable bonds is 8. The van der Waals surface area contributed by atoms with Crippen LogP contribution in [0.15, 0.2) is 48.7 Å². The van der Waals surface area contributed by atoms with Gasteiger partial charge >= 0.3 is 5.97 Å². The van der Waals surface area contributed by atoms with Crippen LogP contribution >= 0.6 is 11.6 Å². The van der Waals surface area contributed by atoms with E-state index < -0.39 is 17.2 Å². The van der Waals surface area contributed by atoms with Gasteiger partial charge in [0.25, 0.3) is 0 Å². The number of aliphatic carboxylic acids is 1. The second kappa shape index (κ2) is 11.6. The Hall–Kier alpha value is -3.82. The number of nitrogens with one attached hydrogen (secondary N) is 2. The summed E-state index contributed by atoms with van der Waals surface area (Å²) >= 11 is 6.00. The predicted octanol–water partition coefficient (Wildman–Crippen LogP) is 6.63. The molecular weight excluding hydrogens is 543 g/mol. The first kappa shape index (κ1) is 28.7. The first-order valence-corrected chi connectivity index (χ1v) is 14.1. The Morgan fingerprint density at radius 2 is 2.02 bits per heavy atom. The summed E-state index contributed by atoms with van der Waals surface area (Å²) < 4.78 is 14.6. The highest BCUT2D eigenvalue weighted by Gasteiger charge is 2.45. The molecule has 1 fully saturated rings. The minimum Gasteiger partial charge on any atom is -0.481 e. The number of piperidine rings is 1. The molecule has 0 bridgehead atoms. The van der Waals surface area contributed by atoms with Crippen molar-refractivity contribution in [2.24, 2.45) is 5.41 Å². The number of carboxylic acids is 1. The van der Waals surface area contributed by atoms with Crippen LogP contribution in [0, 0.1) is 32.0 Å². The minimum atomic E-state index is -1.03. The van der Waals surface area contributed by atoms with Crippen molar-refractivity contribution in [2.75, 3.05) is 11.9 Å². The summed E-state index contributed by atoms with van der Waals surface area (Å²) in [6.45, 7) is 8.77. The standard InChI is InChI=1S/C31H34ClFN6O2/c1-18-7-6-11-34-29(18)23-14-26(36-27-13-19(2)37-38-27)35-25(21(23)4)16-31(30(40)41)10-12-39(20(3)15-31)17-22-8-5-9-24(32)28(22)33/h5-9,11,13-14,20H,10,12,15-17H2,1-4H3,(H,40,41)(H2,35,36,37,38)/t20-,31-/m1/s1. The van der Waals surface area contributed by atoms with Crippen LogP contribution in [-0.4, -0.2) is 48.7 Å². The number of likely N-dealkylation sites (tertiary alicyclic amines) is 1. The number of pyridine rings is 2. The maximum Gasteiger partial charge on any atom is 0.310 e. The van der Waals surface area contributed by atoms with Crippen LogP contribution in [0.1, 0.15) is 47.8 Å². The molecule has 0 amide bonds. The lowest BCUT2D eigenvalue weighted by molar-refractivity contribution is -0.153. The van der Waals surface area contributed by atoms with Crippen LogP contribution in [0.4, 0.5) is 16.0 Å². The fourth-order valence-electron chi connectivity index (χ4n) is 5.77. The van der Waals surface area contributed by atoms with Crippen LogP contribution in [0.25, 0.3) is 11.3 Å². The van der Waals surface area contributed by atoms with Crippen LogP contribution in [0.2, 0.25) is 5.02 Å². The lowest BCUT2D eigenvalue weighted by Gasteiger charge is -2.43. The maximum absolute atomic E-state index is 14.6. The Kier molecular flexibility index (Phi) is 8.11. The molecule has 1 aliphatic heterocycles. The molecular formula is C31H34ClFN6O2. The lowest BCUT2D eigenvalue weighted by Crippen LogP contribution is -2.49. The molecule has 0 unspecified atom stereocenters. The highest BCUT2D eigenvalue weighted by Crippen LogP contribution is 2.41.